The lowest BCUT2D eigenvalue weighted by atomic mass is 9.84. The number of nitrogens with zero attached hydrogens (tertiary/aromatic N) is 2. The topological polar surface area (TPSA) is 63.4 Å². The predicted octanol–water partition coefficient (Wildman–Crippen LogP) is 2.11. The van der Waals surface area contributed by atoms with Gasteiger partial charge in [0.1, 0.15) is 5.76 Å². The number of hydrogen-bond donors (Lipinski definition) is 0. The van der Waals surface area contributed by atoms with Gasteiger partial charge in [0.25, 0.3) is 0 Å². The Labute approximate surface area is 111 Å². The van der Waals surface area contributed by atoms with Gasteiger partial charge in [-0.1, -0.05) is 18.0 Å². The van der Waals surface area contributed by atoms with Crippen molar-refractivity contribution < 1.29 is 14.1 Å². The molecule has 2 amide bonds. The lowest BCUT2D eigenvalue weighted by Gasteiger charge is -2.20. The first-order valence-corrected chi connectivity index (χ1v) is 6.80. The molecule has 3 rings (SSSR count). The molecule has 2 heterocycles. The molecular weight excluding hydrogens is 244 g/mol. The Balaban J connectivity index is 1.86. The molecule has 0 radical (unpaired) electrons. The number of rotatable bonds is 2. The summed E-state index contributed by atoms with van der Waals surface area (Å²) in [5, 5.41) is 3.87. The predicted molar refractivity (Wildman–Crippen MR) is 67.1 cm³/mol. The number of amides is 2. The van der Waals surface area contributed by atoms with Crippen LogP contribution in [-0.4, -0.2) is 21.9 Å². The van der Waals surface area contributed by atoms with Crippen molar-refractivity contribution in [2.45, 2.75) is 52.5 Å². The summed E-state index contributed by atoms with van der Waals surface area (Å²) in [5.41, 5.74) is 1.22. The molecule has 0 aromatic carbocycles. The van der Waals surface area contributed by atoms with Crippen LogP contribution in [0.3, 0.4) is 0 Å². The lowest BCUT2D eigenvalue weighted by molar-refractivity contribution is -0.142. The van der Waals surface area contributed by atoms with Gasteiger partial charge in [-0.2, -0.15) is 0 Å². The van der Waals surface area contributed by atoms with Crippen molar-refractivity contribution in [2.75, 3.05) is 0 Å². The second-order valence-electron chi connectivity index (χ2n) is 5.75. The Hall–Kier alpha value is -1.65. The van der Waals surface area contributed by atoms with Crippen molar-refractivity contribution in [1.82, 2.24) is 10.1 Å². The van der Waals surface area contributed by atoms with E-state index in [1.807, 2.05) is 13.8 Å². The molecule has 0 bridgehead atoms. The quantitative estimate of drug-likeness (QED) is 0.766. The molecule has 1 aliphatic carbocycles. The number of likely N-dealkylation sites (tertiary alicyclic amines) is 1. The first kappa shape index (κ1) is 12.4. The Morgan fingerprint density at radius 2 is 1.95 bits per heavy atom. The third-order valence-electron chi connectivity index (χ3n) is 4.55. The summed E-state index contributed by atoms with van der Waals surface area (Å²) in [6.07, 6.45) is 4.21. The van der Waals surface area contributed by atoms with Gasteiger partial charge in [0.05, 0.1) is 17.7 Å². The monoisotopic (exact) mass is 262 g/mol. The minimum absolute atomic E-state index is 0.00926. The molecule has 5 nitrogen and oxygen atoms in total. The number of aryl methyl sites for hydroxylation is 2. The highest BCUT2D eigenvalue weighted by molar-refractivity contribution is 6.06. The zero-order valence-electron chi connectivity index (χ0n) is 11.4. The fourth-order valence-corrected chi connectivity index (χ4v) is 3.35. The highest BCUT2D eigenvalue weighted by Crippen LogP contribution is 2.47. The van der Waals surface area contributed by atoms with E-state index in [1.165, 1.54) is 4.90 Å². The van der Waals surface area contributed by atoms with Crippen LogP contribution in [0.15, 0.2) is 4.52 Å². The van der Waals surface area contributed by atoms with Crippen LogP contribution in [0.2, 0.25) is 0 Å². The molecule has 1 saturated heterocycles. The number of aromatic nitrogens is 1. The second-order valence-corrected chi connectivity index (χ2v) is 5.75. The Morgan fingerprint density at radius 3 is 2.53 bits per heavy atom. The Bertz CT molecular complexity index is 521. The van der Waals surface area contributed by atoms with Gasteiger partial charge in [-0.3, -0.25) is 14.5 Å². The molecule has 0 unspecified atom stereocenters. The van der Waals surface area contributed by atoms with E-state index in [0.29, 0.717) is 18.7 Å². The summed E-state index contributed by atoms with van der Waals surface area (Å²) in [6, 6.07) is 0. The van der Waals surface area contributed by atoms with E-state index in [0.717, 1.165) is 36.9 Å². The normalized spacial score (nSPS) is 21.9. The highest BCUT2D eigenvalue weighted by atomic mass is 16.5. The molecule has 1 aromatic heterocycles. The van der Waals surface area contributed by atoms with Crippen LogP contribution >= 0.6 is 0 Å². The summed E-state index contributed by atoms with van der Waals surface area (Å²) < 4.78 is 5.09. The third kappa shape index (κ3) is 1.79. The minimum atomic E-state index is -0.393. The first-order valence-electron chi connectivity index (χ1n) is 6.80. The number of imide groups is 1. The summed E-state index contributed by atoms with van der Waals surface area (Å²) in [5.74, 6) is 0.646. The second kappa shape index (κ2) is 4.18. The molecule has 1 aromatic rings. The molecule has 1 saturated carbocycles. The molecule has 2 fully saturated rings. The Kier molecular flexibility index (Phi) is 2.73. The van der Waals surface area contributed by atoms with E-state index < -0.39 is 5.41 Å². The van der Waals surface area contributed by atoms with E-state index in [-0.39, 0.29) is 11.8 Å². The minimum Gasteiger partial charge on any atom is -0.361 e. The maximum absolute atomic E-state index is 12.5. The van der Waals surface area contributed by atoms with Crippen LogP contribution in [0.25, 0.3) is 0 Å². The summed E-state index contributed by atoms with van der Waals surface area (Å²) in [4.78, 5) is 26.1. The van der Waals surface area contributed by atoms with E-state index in [2.05, 4.69) is 5.16 Å². The van der Waals surface area contributed by atoms with Crippen LogP contribution in [0, 0.1) is 19.3 Å². The molecule has 102 valence electrons. The maximum atomic E-state index is 12.5. The molecule has 0 N–H and O–H groups in total. The van der Waals surface area contributed by atoms with Crippen LogP contribution in [-0.2, 0) is 16.1 Å². The maximum Gasteiger partial charge on any atom is 0.236 e. The van der Waals surface area contributed by atoms with Crippen molar-refractivity contribution >= 4 is 11.8 Å². The zero-order chi connectivity index (χ0) is 13.6. The molecular formula is C14H18N2O3. The lowest BCUT2D eigenvalue weighted by Crippen LogP contribution is -2.34. The smallest absolute Gasteiger partial charge is 0.236 e. The third-order valence-corrected chi connectivity index (χ3v) is 4.55. The summed E-state index contributed by atoms with van der Waals surface area (Å²) in [7, 11) is 0. The van der Waals surface area contributed by atoms with E-state index in [4.69, 9.17) is 4.52 Å². The fraction of sp³-hybridized carbons (Fsp3) is 0.643. The van der Waals surface area contributed by atoms with Crippen molar-refractivity contribution in [3.05, 3.63) is 17.0 Å². The van der Waals surface area contributed by atoms with Gasteiger partial charge in [-0.05, 0) is 26.7 Å². The van der Waals surface area contributed by atoms with Gasteiger partial charge in [0, 0.05) is 12.0 Å². The van der Waals surface area contributed by atoms with Gasteiger partial charge in [0.15, 0.2) is 0 Å². The molecule has 1 aliphatic heterocycles. The average Bonchev–Trinajstić information content (AvgIpc) is 3.01. The average molecular weight is 262 g/mol. The summed E-state index contributed by atoms with van der Waals surface area (Å²) >= 11 is 0. The number of carbonyl (C=O) groups is 2. The van der Waals surface area contributed by atoms with Crippen LogP contribution in [0.5, 0.6) is 0 Å². The first-order chi connectivity index (χ1) is 9.03. The molecule has 5 heteroatoms. The SMILES string of the molecule is Cc1noc(C)c1CN1C(=O)CC2(CCCC2)C1=O. The Morgan fingerprint density at radius 1 is 1.26 bits per heavy atom. The number of carbonyl (C=O) groups excluding carboxylic acids is 2. The van der Waals surface area contributed by atoms with Gasteiger partial charge in [-0.15, -0.1) is 0 Å². The van der Waals surface area contributed by atoms with Crippen molar-refractivity contribution in [1.29, 1.82) is 0 Å². The van der Waals surface area contributed by atoms with Crippen LogP contribution in [0.1, 0.15) is 49.1 Å². The standard InChI is InChI=1S/C14H18N2O3/c1-9-11(10(2)19-15-9)8-16-12(17)7-14(13(16)18)5-3-4-6-14/h3-8H2,1-2H3. The molecule has 1 spiro atoms. The fourth-order valence-electron chi connectivity index (χ4n) is 3.35. The van der Waals surface area contributed by atoms with Crippen molar-refractivity contribution in [3.63, 3.8) is 0 Å². The van der Waals surface area contributed by atoms with E-state index in [9.17, 15) is 9.59 Å². The number of hydrogen-bond acceptors (Lipinski definition) is 4. The van der Waals surface area contributed by atoms with Gasteiger partial charge < -0.3 is 4.52 Å². The molecule has 2 aliphatic rings. The van der Waals surface area contributed by atoms with Crippen LogP contribution in [0.4, 0.5) is 0 Å². The zero-order valence-corrected chi connectivity index (χ0v) is 11.4. The highest BCUT2D eigenvalue weighted by Gasteiger charge is 2.52. The van der Waals surface area contributed by atoms with Crippen molar-refractivity contribution in [2.24, 2.45) is 5.41 Å². The summed E-state index contributed by atoms with van der Waals surface area (Å²) in [6.45, 7) is 3.95. The van der Waals surface area contributed by atoms with Crippen LogP contribution < -0.4 is 0 Å². The van der Waals surface area contributed by atoms with E-state index >= 15 is 0 Å². The van der Waals surface area contributed by atoms with Crippen molar-refractivity contribution in [3.8, 4) is 0 Å². The van der Waals surface area contributed by atoms with Gasteiger partial charge >= 0.3 is 0 Å². The van der Waals surface area contributed by atoms with Gasteiger partial charge in [0.2, 0.25) is 11.8 Å². The van der Waals surface area contributed by atoms with Gasteiger partial charge in [-0.25, -0.2) is 0 Å². The molecule has 19 heavy (non-hydrogen) atoms. The molecule has 0 atom stereocenters. The largest absolute Gasteiger partial charge is 0.361 e. The van der Waals surface area contributed by atoms with E-state index in [1.54, 1.807) is 0 Å².